The molecule has 8 nitrogen and oxygen atoms in total. The molecule has 0 aliphatic carbocycles. The molecule has 8 heteroatoms. The van der Waals surface area contributed by atoms with E-state index in [-0.39, 0.29) is 5.91 Å². The van der Waals surface area contributed by atoms with Crippen LogP contribution in [0.25, 0.3) is 0 Å². The van der Waals surface area contributed by atoms with Crippen molar-refractivity contribution in [3.05, 3.63) is 17.0 Å². The summed E-state index contributed by atoms with van der Waals surface area (Å²) in [5.41, 5.74) is 7.40. The van der Waals surface area contributed by atoms with Gasteiger partial charge in [0.1, 0.15) is 0 Å². The Hall–Kier alpha value is -2.09. The lowest BCUT2D eigenvalue weighted by molar-refractivity contribution is 0.0297. The first-order chi connectivity index (χ1) is 9.66. The second-order valence-corrected chi connectivity index (χ2v) is 4.94. The van der Waals surface area contributed by atoms with E-state index in [9.17, 15) is 9.59 Å². The summed E-state index contributed by atoms with van der Waals surface area (Å²) < 4.78 is 5.24. The molecule has 0 aromatic carbocycles. The number of aromatic amines is 1. The Morgan fingerprint density at radius 2 is 1.95 bits per heavy atom. The summed E-state index contributed by atoms with van der Waals surface area (Å²) >= 11 is 0. The minimum Gasteiger partial charge on any atom is -0.378 e. The number of primary amides is 1. The Bertz CT molecular complexity index is 535. The summed E-state index contributed by atoms with van der Waals surface area (Å²) in [7, 11) is 0. The first-order valence-corrected chi connectivity index (χ1v) is 6.64. The van der Waals surface area contributed by atoms with E-state index in [0.29, 0.717) is 51.5 Å². The summed E-state index contributed by atoms with van der Waals surface area (Å²) in [4.78, 5) is 27.0. The molecule has 2 aliphatic heterocycles. The van der Waals surface area contributed by atoms with E-state index >= 15 is 0 Å². The molecule has 0 spiro atoms. The van der Waals surface area contributed by atoms with E-state index in [2.05, 4.69) is 10.2 Å². The largest absolute Gasteiger partial charge is 0.378 e. The SMILES string of the molecule is NC(=O)N1CCc2[nH]nc(C(=O)N3CCOCC3)c2C1. The number of fused-ring (bicyclic) bond motifs is 1. The zero-order valence-electron chi connectivity index (χ0n) is 11.1. The van der Waals surface area contributed by atoms with Crippen molar-refractivity contribution in [3.63, 3.8) is 0 Å². The molecule has 20 heavy (non-hydrogen) atoms. The van der Waals surface area contributed by atoms with Gasteiger partial charge in [-0.25, -0.2) is 4.79 Å². The third-order valence-electron chi connectivity index (χ3n) is 3.75. The zero-order valence-corrected chi connectivity index (χ0v) is 11.1. The van der Waals surface area contributed by atoms with Gasteiger partial charge in [0.15, 0.2) is 5.69 Å². The van der Waals surface area contributed by atoms with Crippen molar-refractivity contribution < 1.29 is 14.3 Å². The third kappa shape index (κ3) is 2.22. The molecule has 2 aliphatic rings. The number of aromatic nitrogens is 2. The minimum atomic E-state index is -0.471. The fraction of sp³-hybridized carbons (Fsp3) is 0.583. The molecule has 1 aromatic heterocycles. The normalized spacial score (nSPS) is 18.8. The van der Waals surface area contributed by atoms with E-state index in [1.165, 1.54) is 4.90 Å². The second kappa shape index (κ2) is 5.12. The first kappa shape index (κ1) is 12.9. The summed E-state index contributed by atoms with van der Waals surface area (Å²) in [5.74, 6) is -0.114. The van der Waals surface area contributed by atoms with E-state index < -0.39 is 6.03 Å². The van der Waals surface area contributed by atoms with Crippen LogP contribution < -0.4 is 5.73 Å². The van der Waals surface area contributed by atoms with Crippen LogP contribution in [-0.4, -0.2) is 64.8 Å². The van der Waals surface area contributed by atoms with E-state index in [1.54, 1.807) is 4.90 Å². The van der Waals surface area contributed by atoms with Crippen LogP contribution in [0.4, 0.5) is 4.79 Å². The van der Waals surface area contributed by atoms with Gasteiger partial charge < -0.3 is 20.3 Å². The number of carbonyl (C=O) groups excluding carboxylic acids is 2. The highest BCUT2D eigenvalue weighted by atomic mass is 16.5. The van der Waals surface area contributed by atoms with Crippen molar-refractivity contribution >= 4 is 11.9 Å². The van der Waals surface area contributed by atoms with Crippen molar-refractivity contribution in [2.45, 2.75) is 13.0 Å². The standard InChI is InChI=1S/C12H17N5O3/c13-12(19)17-2-1-9-8(7-17)10(15-14-9)11(18)16-3-5-20-6-4-16/h1-7H2,(H2,13,19)(H,14,15). The fourth-order valence-corrected chi connectivity index (χ4v) is 2.58. The van der Waals surface area contributed by atoms with Crippen LogP contribution in [0.5, 0.6) is 0 Å². The maximum atomic E-state index is 12.5. The Labute approximate surface area is 115 Å². The monoisotopic (exact) mass is 279 g/mol. The predicted octanol–water partition coefficient (Wildman–Crippen LogP) is -0.681. The van der Waals surface area contributed by atoms with Crippen molar-refractivity contribution in [1.82, 2.24) is 20.0 Å². The van der Waals surface area contributed by atoms with E-state index in [0.717, 1.165) is 11.3 Å². The molecule has 108 valence electrons. The number of nitrogens with two attached hydrogens (primary N) is 1. The Balaban J connectivity index is 1.83. The predicted molar refractivity (Wildman–Crippen MR) is 69.0 cm³/mol. The number of rotatable bonds is 1. The van der Waals surface area contributed by atoms with Crippen molar-refractivity contribution in [3.8, 4) is 0 Å². The summed E-state index contributed by atoms with van der Waals surface area (Å²) in [6.45, 7) is 3.12. The lowest BCUT2D eigenvalue weighted by atomic mass is 10.0. The number of nitrogens with zero attached hydrogens (tertiary/aromatic N) is 3. The minimum absolute atomic E-state index is 0.114. The number of carbonyl (C=O) groups is 2. The molecule has 3 heterocycles. The summed E-state index contributed by atoms with van der Waals surface area (Å²) in [5, 5.41) is 7.03. The van der Waals surface area contributed by atoms with Gasteiger partial charge in [-0.05, 0) is 0 Å². The molecule has 3 rings (SSSR count). The maximum Gasteiger partial charge on any atom is 0.315 e. The topological polar surface area (TPSA) is 105 Å². The average molecular weight is 279 g/mol. The molecule has 0 saturated carbocycles. The van der Waals surface area contributed by atoms with Crippen LogP contribution in [-0.2, 0) is 17.7 Å². The third-order valence-corrected chi connectivity index (χ3v) is 3.75. The Morgan fingerprint density at radius 3 is 2.65 bits per heavy atom. The van der Waals surface area contributed by atoms with Crippen LogP contribution in [0.2, 0.25) is 0 Å². The van der Waals surface area contributed by atoms with E-state index in [1.807, 2.05) is 0 Å². The average Bonchev–Trinajstić information content (AvgIpc) is 2.90. The number of ether oxygens (including phenoxy) is 1. The Kier molecular flexibility index (Phi) is 3.31. The first-order valence-electron chi connectivity index (χ1n) is 6.64. The lowest BCUT2D eigenvalue weighted by Gasteiger charge is -2.28. The smallest absolute Gasteiger partial charge is 0.315 e. The second-order valence-electron chi connectivity index (χ2n) is 4.94. The highest BCUT2D eigenvalue weighted by molar-refractivity contribution is 5.94. The molecule has 0 atom stereocenters. The van der Waals surface area contributed by atoms with Gasteiger partial charge >= 0.3 is 6.03 Å². The number of H-pyrrole nitrogens is 1. The number of urea groups is 1. The number of morpholine rings is 1. The molecule has 0 unspecified atom stereocenters. The number of hydrogen-bond acceptors (Lipinski definition) is 4. The van der Waals surface area contributed by atoms with Crippen LogP contribution >= 0.6 is 0 Å². The molecule has 1 aromatic rings. The molecule has 0 bridgehead atoms. The van der Waals surface area contributed by atoms with Crippen LogP contribution in [0.15, 0.2) is 0 Å². The van der Waals surface area contributed by atoms with Crippen molar-refractivity contribution in [1.29, 1.82) is 0 Å². The van der Waals surface area contributed by atoms with Gasteiger partial charge in [0.05, 0.1) is 19.8 Å². The van der Waals surface area contributed by atoms with Gasteiger partial charge in [-0.1, -0.05) is 0 Å². The highest BCUT2D eigenvalue weighted by Gasteiger charge is 2.29. The van der Waals surface area contributed by atoms with Gasteiger partial charge in [-0.15, -0.1) is 0 Å². The quantitative estimate of drug-likeness (QED) is 0.710. The molecule has 0 radical (unpaired) electrons. The van der Waals surface area contributed by atoms with Crippen LogP contribution in [0.3, 0.4) is 0 Å². The summed E-state index contributed by atoms with van der Waals surface area (Å²) in [6, 6.07) is -0.471. The van der Waals surface area contributed by atoms with Gasteiger partial charge in [-0.3, -0.25) is 9.89 Å². The fourth-order valence-electron chi connectivity index (χ4n) is 2.58. The van der Waals surface area contributed by atoms with Crippen LogP contribution in [0.1, 0.15) is 21.7 Å². The Morgan fingerprint density at radius 1 is 1.20 bits per heavy atom. The molecular formula is C12H17N5O3. The summed E-state index contributed by atoms with van der Waals surface area (Å²) in [6.07, 6.45) is 0.641. The van der Waals surface area contributed by atoms with E-state index in [4.69, 9.17) is 10.5 Å². The molecule has 1 saturated heterocycles. The zero-order chi connectivity index (χ0) is 14.1. The van der Waals surface area contributed by atoms with Crippen LogP contribution in [0, 0.1) is 0 Å². The highest BCUT2D eigenvalue weighted by Crippen LogP contribution is 2.21. The van der Waals surface area contributed by atoms with Gasteiger partial charge in [-0.2, -0.15) is 5.10 Å². The molecule has 1 fully saturated rings. The molecule has 3 amide bonds. The maximum absolute atomic E-state index is 12.5. The van der Waals surface area contributed by atoms with Gasteiger partial charge in [0, 0.05) is 37.3 Å². The lowest BCUT2D eigenvalue weighted by Crippen LogP contribution is -2.42. The number of hydrogen-bond donors (Lipinski definition) is 2. The van der Waals surface area contributed by atoms with Gasteiger partial charge in [0.2, 0.25) is 0 Å². The molecular weight excluding hydrogens is 262 g/mol. The number of amides is 3. The molecule has 3 N–H and O–H groups in total. The van der Waals surface area contributed by atoms with Crippen molar-refractivity contribution in [2.24, 2.45) is 5.73 Å². The number of nitrogens with one attached hydrogen (secondary N) is 1. The van der Waals surface area contributed by atoms with Gasteiger partial charge in [0.25, 0.3) is 5.91 Å². The van der Waals surface area contributed by atoms with Crippen molar-refractivity contribution in [2.75, 3.05) is 32.8 Å².